The maximum absolute atomic E-state index is 4.91. The number of rotatable bonds is 1. The first-order chi connectivity index (χ1) is 3.43. The lowest BCUT2D eigenvalue weighted by molar-refractivity contribution is -0.238. The van der Waals surface area contributed by atoms with E-state index < -0.39 is 0 Å². The third-order valence-electron chi connectivity index (χ3n) is 0.628. The monoisotopic (exact) mass is 102 g/mol. The number of hydrazine groups is 1. The molecular formula is C3H6N2O2. The van der Waals surface area contributed by atoms with Gasteiger partial charge in [-0.25, -0.2) is 5.84 Å². The van der Waals surface area contributed by atoms with Gasteiger partial charge in [-0.15, -0.1) is 0 Å². The van der Waals surface area contributed by atoms with Crippen LogP contribution in [0.3, 0.4) is 0 Å². The Labute approximate surface area is 40.8 Å². The fourth-order valence-corrected chi connectivity index (χ4v) is 0.324. The zero-order valence-corrected chi connectivity index (χ0v) is 3.68. The molecular weight excluding hydrogens is 96.0 g/mol. The minimum Gasteiger partial charge on any atom is -0.318 e. The van der Waals surface area contributed by atoms with Gasteiger partial charge in [0.1, 0.15) is 6.61 Å². The lowest BCUT2D eigenvalue weighted by atomic mass is 10.6. The minimum absolute atomic E-state index is 0.472. The van der Waals surface area contributed by atoms with Gasteiger partial charge in [0.05, 0.1) is 0 Å². The predicted molar refractivity (Wildman–Crippen MR) is 22.4 cm³/mol. The van der Waals surface area contributed by atoms with Crippen molar-refractivity contribution in [2.75, 3.05) is 6.61 Å². The fourth-order valence-electron chi connectivity index (χ4n) is 0.324. The molecule has 1 rings (SSSR count). The molecule has 0 aromatic carbocycles. The SMILES string of the molecule is NNC1=CCOO1. The lowest BCUT2D eigenvalue weighted by Crippen LogP contribution is -2.20. The number of nitrogens with two attached hydrogens (primary N) is 1. The Morgan fingerprint density at radius 1 is 1.86 bits per heavy atom. The van der Waals surface area contributed by atoms with Crippen molar-refractivity contribution >= 4 is 0 Å². The summed E-state index contributed by atoms with van der Waals surface area (Å²) in [6.07, 6.45) is 1.69. The zero-order valence-electron chi connectivity index (χ0n) is 3.68. The van der Waals surface area contributed by atoms with Crippen molar-refractivity contribution in [3.05, 3.63) is 12.0 Å². The van der Waals surface area contributed by atoms with Crippen LogP contribution in [0.2, 0.25) is 0 Å². The zero-order chi connectivity index (χ0) is 5.11. The first kappa shape index (κ1) is 4.42. The van der Waals surface area contributed by atoms with E-state index in [-0.39, 0.29) is 0 Å². The highest BCUT2D eigenvalue weighted by Crippen LogP contribution is 1.99. The van der Waals surface area contributed by atoms with Crippen LogP contribution in [0.1, 0.15) is 0 Å². The summed E-state index contributed by atoms with van der Waals surface area (Å²) >= 11 is 0. The summed E-state index contributed by atoms with van der Waals surface area (Å²) in [5.41, 5.74) is 2.28. The average molecular weight is 102 g/mol. The molecule has 1 heterocycles. The van der Waals surface area contributed by atoms with Crippen molar-refractivity contribution in [3.63, 3.8) is 0 Å². The third kappa shape index (κ3) is 0.819. The van der Waals surface area contributed by atoms with Gasteiger partial charge in [0.2, 0.25) is 5.88 Å². The first-order valence-electron chi connectivity index (χ1n) is 1.90. The van der Waals surface area contributed by atoms with Crippen molar-refractivity contribution < 1.29 is 9.78 Å². The predicted octanol–water partition coefficient (Wildman–Crippen LogP) is -0.747. The largest absolute Gasteiger partial charge is 0.318 e. The molecule has 0 atom stereocenters. The third-order valence-corrected chi connectivity index (χ3v) is 0.628. The number of hydrogen-bond acceptors (Lipinski definition) is 4. The minimum atomic E-state index is 0.472. The molecule has 0 spiro atoms. The molecule has 1 aliphatic heterocycles. The van der Waals surface area contributed by atoms with Gasteiger partial charge < -0.3 is 4.89 Å². The molecule has 0 aliphatic carbocycles. The van der Waals surface area contributed by atoms with Crippen LogP contribution in [0.25, 0.3) is 0 Å². The average Bonchev–Trinajstić information content (AvgIpc) is 2.14. The lowest BCUT2D eigenvalue weighted by Gasteiger charge is -1.94. The van der Waals surface area contributed by atoms with E-state index in [9.17, 15) is 0 Å². The van der Waals surface area contributed by atoms with Crippen LogP contribution in [0.4, 0.5) is 0 Å². The molecule has 0 saturated carbocycles. The van der Waals surface area contributed by atoms with E-state index in [1.54, 1.807) is 6.08 Å². The molecule has 0 aromatic rings. The highest BCUT2D eigenvalue weighted by molar-refractivity contribution is 4.89. The van der Waals surface area contributed by atoms with Crippen molar-refractivity contribution in [3.8, 4) is 0 Å². The second-order valence-corrected chi connectivity index (χ2v) is 1.08. The Hall–Kier alpha value is -0.740. The van der Waals surface area contributed by atoms with Crippen LogP contribution < -0.4 is 11.3 Å². The maximum Gasteiger partial charge on any atom is 0.242 e. The molecule has 40 valence electrons. The van der Waals surface area contributed by atoms with Gasteiger partial charge in [0.15, 0.2) is 0 Å². The molecule has 0 radical (unpaired) electrons. The summed E-state index contributed by atoms with van der Waals surface area (Å²) in [6, 6.07) is 0. The molecule has 4 heteroatoms. The van der Waals surface area contributed by atoms with E-state index in [4.69, 9.17) is 5.84 Å². The normalized spacial score (nSPS) is 18.1. The summed E-state index contributed by atoms with van der Waals surface area (Å²) in [4.78, 5) is 8.84. The number of nitrogens with one attached hydrogen (secondary N) is 1. The van der Waals surface area contributed by atoms with E-state index in [1.807, 2.05) is 0 Å². The Balaban J connectivity index is 2.36. The van der Waals surface area contributed by atoms with Gasteiger partial charge >= 0.3 is 0 Å². The molecule has 0 unspecified atom stereocenters. The van der Waals surface area contributed by atoms with Crippen LogP contribution in [0.5, 0.6) is 0 Å². The Morgan fingerprint density at radius 3 is 3.00 bits per heavy atom. The van der Waals surface area contributed by atoms with Crippen LogP contribution in [-0.2, 0) is 9.78 Å². The Kier molecular flexibility index (Phi) is 1.14. The summed E-state index contributed by atoms with van der Waals surface area (Å²) in [5.74, 6) is 5.38. The Morgan fingerprint density at radius 2 is 2.71 bits per heavy atom. The van der Waals surface area contributed by atoms with E-state index in [2.05, 4.69) is 15.2 Å². The summed E-state index contributed by atoms with van der Waals surface area (Å²) in [6.45, 7) is 0.472. The van der Waals surface area contributed by atoms with E-state index in [1.165, 1.54) is 0 Å². The van der Waals surface area contributed by atoms with Crippen LogP contribution in [0.15, 0.2) is 12.0 Å². The van der Waals surface area contributed by atoms with Crippen molar-refractivity contribution in [2.45, 2.75) is 0 Å². The van der Waals surface area contributed by atoms with Gasteiger partial charge in [-0.2, -0.15) is 4.89 Å². The summed E-state index contributed by atoms with van der Waals surface area (Å²) in [7, 11) is 0. The molecule has 7 heavy (non-hydrogen) atoms. The van der Waals surface area contributed by atoms with Crippen molar-refractivity contribution in [1.29, 1.82) is 0 Å². The van der Waals surface area contributed by atoms with Gasteiger partial charge in [-0.3, -0.25) is 5.43 Å². The van der Waals surface area contributed by atoms with Crippen LogP contribution >= 0.6 is 0 Å². The molecule has 0 aromatic heterocycles. The second kappa shape index (κ2) is 1.81. The molecule has 0 amide bonds. The van der Waals surface area contributed by atoms with Gasteiger partial charge in [0.25, 0.3) is 0 Å². The van der Waals surface area contributed by atoms with E-state index in [0.29, 0.717) is 12.5 Å². The Bertz CT molecular complexity index is 90.9. The highest BCUT2D eigenvalue weighted by Gasteiger charge is 2.01. The molecule has 3 N–H and O–H groups in total. The second-order valence-electron chi connectivity index (χ2n) is 1.08. The van der Waals surface area contributed by atoms with E-state index in [0.717, 1.165) is 0 Å². The van der Waals surface area contributed by atoms with Crippen LogP contribution in [-0.4, -0.2) is 6.61 Å². The molecule has 1 aliphatic rings. The van der Waals surface area contributed by atoms with Gasteiger partial charge in [-0.1, -0.05) is 0 Å². The smallest absolute Gasteiger partial charge is 0.242 e. The molecule has 0 saturated heterocycles. The molecule has 4 nitrogen and oxygen atoms in total. The molecule has 0 bridgehead atoms. The summed E-state index contributed by atoms with van der Waals surface area (Å²) < 4.78 is 0. The highest BCUT2D eigenvalue weighted by atomic mass is 17.2. The summed E-state index contributed by atoms with van der Waals surface area (Å²) in [5, 5.41) is 0. The fraction of sp³-hybridized carbons (Fsp3) is 0.333. The van der Waals surface area contributed by atoms with Crippen molar-refractivity contribution in [2.24, 2.45) is 5.84 Å². The van der Waals surface area contributed by atoms with Crippen molar-refractivity contribution in [1.82, 2.24) is 5.43 Å². The molecule has 0 fully saturated rings. The topological polar surface area (TPSA) is 56.5 Å². The first-order valence-corrected chi connectivity index (χ1v) is 1.90. The van der Waals surface area contributed by atoms with Gasteiger partial charge in [0, 0.05) is 6.08 Å². The quantitative estimate of drug-likeness (QED) is 0.260. The van der Waals surface area contributed by atoms with E-state index >= 15 is 0 Å². The maximum atomic E-state index is 4.91. The van der Waals surface area contributed by atoms with Gasteiger partial charge in [-0.05, 0) is 0 Å². The van der Waals surface area contributed by atoms with Crippen LogP contribution in [0, 0.1) is 0 Å². The number of hydrogen-bond donors (Lipinski definition) is 2. The standard InChI is InChI=1S/C3H6N2O2/c4-5-3-1-2-6-7-3/h1,5H,2,4H2.